The molecule has 2 rings (SSSR count). The molecule has 0 aliphatic rings. The van der Waals surface area contributed by atoms with Gasteiger partial charge in [0.15, 0.2) is 0 Å². The van der Waals surface area contributed by atoms with Crippen molar-refractivity contribution in [1.82, 2.24) is 15.5 Å². The molecule has 1 aromatic carbocycles. The van der Waals surface area contributed by atoms with Crippen LogP contribution in [0.1, 0.15) is 24.3 Å². The fourth-order valence-corrected chi connectivity index (χ4v) is 2.42. The zero-order chi connectivity index (χ0) is 17.7. The lowest BCUT2D eigenvalue weighted by atomic mass is 10.1. The van der Waals surface area contributed by atoms with E-state index in [0.29, 0.717) is 27.0 Å². The Morgan fingerprint density at radius 2 is 2.08 bits per heavy atom. The van der Waals surface area contributed by atoms with Crippen LogP contribution < -0.4 is 5.32 Å². The van der Waals surface area contributed by atoms with Gasteiger partial charge in [-0.3, -0.25) is 9.89 Å². The van der Waals surface area contributed by atoms with Crippen LogP contribution in [0, 0.1) is 0 Å². The fraction of sp³-hybridized carbons (Fsp3) is 0.188. The highest BCUT2D eigenvalue weighted by Gasteiger charge is 2.13. The van der Waals surface area contributed by atoms with Gasteiger partial charge in [0.2, 0.25) is 0 Å². The molecule has 8 heteroatoms. The third-order valence-corrected chi connectivity index (χ3v) is 3.51. The molecule has 0 fully saturated rings. The number of hydrogen-bond donors (Lipinski definition) is 2. The Bertz CT molecular complexity index is 800. The third kappa shape index (κ3) is 4.59. The standard InChI is InChI=1S/C16H15Cl2N3O3/c1-3-24-15(22)6-9(2)19-16(23)14-8-13(20-21-14)11-5-4-10(17)7-12(11)18/h4-8H,3H2,1-2H3,(H,19,23)(H,20,21)/b9-6+. The number of esters is 1. The Labute approximate surface area is 148 Å². The maximum absolute atomic E-state index is 12.1. The number of nitrogens with one attached hydrogen (secondary N) is 2. The summed E-state index contributed by atoms with van der Waals surface area (Å²) in [6, 6.07) is 6.55. The van der Waals surface area contributed by atoms with E-state index in [-0.39, 0.29) is 12.3 Å². The highest BCUT2D eigenvalue weighted by atomic mass is 35.5. The third-order valence-electron chi connectivity index (χ3n) is 2.96. The second-order valence-electron chi connectivity index (χ2n) is 4.82. The number of aromatic nitrogens is 2. The van der Waals surface area contributed by atoms with Gasteiger partial charge < -0.3 is 10.1 Å². The van der Waals surface area contributed by atoms with Crippen molar-refractivity contribution in [3.05, 3.63) is 51.8 Å². The topological polar surface area (TPSA) is 84.1 Å². The van der Waals surface area contributed by atoms with Crippen LogP contribution in [0.5, 0.6) is 0 Å². The van der Waals surface area contributed by atoms with E-state index in [0.717, 1.165) is 0 Å². The zero-order valence-corrected chi connectivity index (χ0v) is 14.5. The average Bonchev–Trinajstić information content (AvgIpc) is 2.96. The van der Waals surface area contributed by atoms with Crippen LogP contribution in [0.2, 0.25) is 10.0 Å². The quantitative estimate of drug-likeness (QED) is 0.624. The molecule has 0 radical (unpaired) electrons. The second-order valence-corrected chi connectivity index (χ2v) is 5.67. The number of hydrogen-bond acceptors (Lipinski definition) is 4. The fourth-order valence-electron chi connectivity index (χ4n) is 1.92. The summed E-state index contributed by atoms with van der Waals surface area (Å²) in [4.78, 5) is 23.5. The molecule has 126 valence electrons. The number of allylic oxidation sites excluding steroid dienone is 1. The van der Waals surface area contributed by atoms with Crippen LogP contribution in [0.3, 0.4) is 0 Å². The first-order valence-electron chi connectivity index (χ1n) is 7.08. The number of ether oxygens (including phenoxy) is 1. The molecular weight excluding hydrogens is 353 g/mol. The van der Waals surface area contributed by atoms with E-state index in [1.807, 2.05) is 0 Å². The smallest absolute Gasteiger partial charge is 0.332 e. The van der Waals surface area contributed by atoms with Crippen LogP contribution >= 0.6 is 23.2 Å². The molecule has 6 nitrogen and oxygen atoms in total. The van der Waals surface area contributed by atoms with Crippen molar-refractivity contribution in [1.29, 1.82) is 0 Å². The van der Waals surface area contributed by atoms with Crippen LogP contribution in [0.4, 0.5) is 0 Å². The maximum atomic E-state index is 12.1. The lowest BCUT2D eigenvalue weighted by molar-refractivity contribution is -0.137. The molecule has 1 heterocycles. The molecule has 0 aliphatic carbocycles. The molecule has 2 aromatic rings. The van der Waals surface area contributed by atoms with Gasteiger partial charge in [0.05, 0.1) is 17.3 Å². The van der Waals surface area contributed by atoms with E-state index in [1.165, 1.54) is 6.08 Å². The van der Waals surface area contributed by atoms with Gasteiger partial charge in [0.1, 0.15) is 5.69 Å². The van der Waals surface area contributed by atoms with E-state index in [1.54, 1.807) is 38.1 Å². The van der Waals surface area contributed by atoms with Crippen molar-refractivity contribution >= 4 is 35.1 Å². The number of carbonyl (C=O) groups excluding carboxylic acids is 2. The Balaban J connectivity index is 2.12. The Morgan fingerprint density at radius 1 is 1.33 bits per heavy atom. The predicted octanol–water partition coefficient (Wildman–Crippen LogP) is 3.58. The van der Waals surface area contributed by atoms with Crippen LogP contribution in [-0.2, 0) is 9.53 Å². The van der Waals surface area contributed by atoms with Gasteiger partial charge in [-0.2, -0.15) is 5.10 Å². The number of rotatable bonds is 5. The summed E-state index contributed by atoms with van der Waals surface area (Å²) in [5.41, 5.74) is 1.75. The van der Waals surface area contributed by atoms with Gasteiger partial charge in [0, 0.05) is 22.4 Å². The minimum atomic E-state index is -0.520. The van der Waals surface area contributed by atoms with E-state index in [2.05, 4.69) is 15.5 Å². The summed E-state index contributed by atoms with van der Waals surface area (Å²) in [6.07, 6.45) is 1.20. The summed E-state index contributed by atoms with van der Waals surface area (Å²) in [7, 11) is 0. The number of amides is 1. The molecule has 0 saturated heterocycles. The van der Waals surface area contributed by atoms with Crippen molar-refractivity contribution in [3.8, 4) is 11.3 Å². The summed E-state index contributed by atoms with van der Waals surface area (Å²) in [5.74, 6) is -0.953. The average molecular weight is 368 g/mol. The molecule has 0 spiro atoms. The summed E-state index contributed by atoms with van der Waals surface area (Å²) < 4.78 is 4.77. The summed E-state index contributed by atoms with van der Waals surface area (Å²) in [6.45, 7) is 3.55. The predicted molar refractivity (Wildman–Crippen MR) is 91.9 cm³/mol. The number of aromatic amines is 1. The highest BCUT2D eigenvalue weighted by Crippen LogP contribution is 2.29. The molecule has 0 bridgehead atoms. The Hall–Kier alpha value is -2.31. The minimum Gasteiger partial charge on any atom is -0.463 e. The van der Waals surface area contributed by atoms with Crippen LogP contribution in [-0.4, -0.2) is 28.7 Å². The van der Waals surface area contributed by atoms with Crippen LogP contribution in [0.25, 0.3) is 11.3 Å². The van der Waals surface area contributed by atoms with Gasteiger partial charge in [0.25, 0.3) is 5.91 Å². The monoisotopic (exact) mass is 367 g/mol. The zero-order valence-electron chi connectivity index (χ0n) is 13.0. The lowest BCUT2D eigenvalue weighted by Gasteiger charge is -2.03. The van der Waals surface area contributed by atoms with Gasteiger partial charge in [-0.15, -0.1) is 0 Å². The van der Waals surface area contributed by atoms with Crippen molar-refractivity contribution < 1.29 is 14.3 Å². The molecule has 2 N–H and O–H groups in total. The van der Waals surface area contributed by atoms with E-state index in [4.69, 9.17) is 27.9 Å². The van der Waals surface area contributed by atoms with Gasteiger partial charge >= 0.3 is 5.97 Å². The number of carbonyl (C=O) groups is 2. The maximum Gasteiger partial charge on any atom is 0.332 e. The van der Waals surface area contributed by atoms with Crippen molar-refractivity contribution in [3.63, 3.8) is 0 Å². The largest absolute Gasteiger partial charge is 0.463 e. The Kier molecular flexibility index (Phi) is 6.00. The van der Waals surface area contributed by atoms with E-state index < -0.39 is 11.9 Å². The minimum absolute atomic E-state index is 0.229. The lowest BCUT2D eigenvalue weighted by Crippen LogP contribution is -2.22. The van der Waals surface area contributed by atoms with E-state index >= 15 is 0 Å². The molecule has 0 atom stereocenters. The van der Waals surface area contributed by atoms with Crippen molar-refractivity contribution in [2.75, 3.05) is 6.61 Å². The number of halogens is 2. The van der Waals surface area contributed by atoms with Gasteiger partial charge in [-0.25, -0.2) is 4.79 Å². The summed E-state index contributed by atoms with van der Waals surface area (Å²) >= 11 is 12.0. The van der Waals surface area contributed by atoms with Crippen molar-refractivity contribution in [2.24, 2.45) is 0 Å². The Morgan fingerprint density at radius 3 is 2.75 bits per heavy atom. The number of benzene rings is 1. The first-order chi connectivity index (χ1) is 11.4. The van der Waals surface area contributed by atoms with E-state index in [9.17, 15) is 9.59 Å². The highest BCUT2D eigenvalue weighted by molar-refractivity contribution is 6.36. The van der Waals surface area contributed by atoms with Gasteiger partial charge in [-0.1, -0.05) is 23.2 Å². The normalized spacial score (nSPS) is 11.2. The first-order valence-corrected chi connectivity index (χ1v) is 7.83. The molecular formula is C16H15Cl2N3O3. The molecule has 0 aliphatic heterocycles. The van der Waals surface area contributed by atoms with Crippen molar-refractivity contribution in [2.45, 2.75) is 13.8 Å². The van der Waals surface area contributed by atoms with Gasteiger partial charge in [-0.05, 0) is 38.1 Å². The molecule has 1 aromatic heterocycles. The molecule has 1 amide bonds. The number of H-pyrrole nitrogens is 1. The summed E-state index contributed by atoms with van der Waals surface area (Å²) in [5, 5.41) is 10.2. The molecule has 0 saturated carbocycles. The molecule has 24 heavy (non-hydrogen) atoms. The second kappa shape index (κ2) is 7.99. The van der Waals surface area contributed by atoms with Crippen LogP contribution in [0.15, 0.2) is 36.0 Å². The number of nitrogens with zero attached hydrogens (tertiary/aromatic N) is 1. The SMILES string of the molecule is CCOC(=O)/C=C(\C)NC(=O)c1cc(-c2ccc(Cl)cc2Cl)n[nH]1. The first kappa shape index (κ1) is 18.0. The molecule has 0 unspecified atom stereocenters.